The van der Waals surface area contributed by atoms with Gasteiger partial charge in [-0.2, -0.15) is 4.39 Å². The van der Waals surface area contributed by atoms with Crippen LogP contribution in [0.15, 0.2) is 36.4 Å². The first-order valence-corrected chi connectivity index (χ1v) is 4.86. The number of nitrogens with zero attached hydrogens (tertiary/aromatic N) is 1. The first-order valence-electron chi connectivity index (χ1n) is 4.86. The molecule has 0 fully saturated rings. The smallest absolute Gasteiger partial charge is 0.281 e. The first-order chi connectivity index (χ1) is 8.58. The van der Waals surface area contributed by atoms with E-state index in [9.17, 15) is 18.9 Å². The SMILES string of the molecule is O=[N+]([O-])c1[c]ccc(Oc2cccc(F)c2F)c1. The molecule has 0 saturated heterocycles. The molecule has 0 aliphatic heterocycles. The summed E-state index contributed by atoms with van der Waals surface area (Å²) >= 11 is 0. The van der Waals surface area contributed by atoms with Gasteiger partial charge in [0.15, 0.2) is 11.6 Å². The van der Waals surface area contributed by atoms with E-state index in [4.69, 9.17) is 4.74 Å². The predicted octanol–water partition coefficient (Wildman–Crippen LogP) is 3.47. The summed E-state index contributed by atoms with van der Waals surface area (Å²) in [6.45, 7) is 0. The zero-order valence-corrected chi connectivity index (χ0v) is 8.89. The molecule has 6 heteroatoms. The first kappa shape index (κ1) is 12.0. The normalized spacial score (nSPS) is 10.1. The fraction of sp³-hybridized carbons (Fsp3) is 0. The van der Waals surface area contributed by atoms with E-state index in [2.05, 4.69) is 6.07 Å². The molecule has 2 aromatic carbocycles. The van der Waals surface area contributed by atoms with Gasteiger partial charge in [0.1, 0.15) is 5.75 Å². The Bertz CT molecular complexity index is 602. The molecule has 0 bridgehead atoms. The zero-order valence-electron chi connectivity index (χ0n) is 8.89. The zero-order chi connectivity index (χ0) is 13.1. The lowest BCUT2D eigenvalue weighted by molar-refractivity contribution is -0.385. The van der Waals surface area contributed by atoms with Crippen LogP contribution >= 0.6 is 0 Å². The highest BCUT2D eigenvalue weighted by atomic mass is 19.2. The molecule has 1 radical (unpaired) electrons. The summed E-state index contributed by atoms with van der Waals surface area (Å²) in [5, 5.41) is 10.5. The molecule has 0 saturated carbocycles. The van der Waals surface area contributed by atoms with Gasteiger partial charge in [-0.1, -0.05) is 6.07 Å². The standard InChI is InChI=1S/C12H6F2NO3/c13-10-5-2-6-11(12(10)14)18-9-4-1-3-8(7-9)15(16)17/h1-2,4-7H. The highest BCUT2D eigenvalue weighted by Crippen LogP contribution is 2.27. The van der Waals surface area contributed by atoms with Crippen molar-refractivity contribution in [3.05, 3.63) is 64.2 Å². The molecule has 2 rings (SSSR count). The lowest BCUT2D eigenvalue weighted by Crippen LogP contribution is -1.93. The quantitative estimate of drug-likeness (QED) is 0.619. The molecule has 18 heavy (non-hydrogen) atoms. The van der Waals surface area contributed by atoms with E-state index in [1.807, 2.05) is 0 Å². The molecule has 0 aliphatic carbocycles. The van der Waals surface area contributed by atoms with Crippen molar-refractivity contribution < 1.29 is 18.4 Å². The Labute approximate surface area is 101 Å². The van der Waals surface area contributed by atoms with Crippen LogP contribution in [0.5, 0.6) is 11.5 Å². The number of nitro benzene ring substituents is 1. The Morgan fingerprint density at radius 2 is 2.06 bits per heavy atom. The van der Waals surface area contributed by atoms with Crippen LogP contribution in [0.1, 0.15) is 0 Å². The number of benzene rings is 2. The predicted molar refractivity (Wildman–Crippen MR) is 58.4 cm³/mol. The minimum Gasteiger partial charge on any atom is -0.454 e. The van der Waals surface area contributed by atoms with Crippen LogP contribution in [0.25, 0.3) is 0 Å². The average molecular weight is 250 g/mol. The van der Waals surface area contributed by atoms with Gasteiger partial charge in [0, 0.05) is 0 Å². The highest BCUT2D eigenvalue weighted by Gasteiger charge is 2.12. The monoisotopic (exact) mass is 250 g/mol. The van der Waals surface area contributed by atoms with E-state index in [1.54, 1.807) is 0 Å². The minimum atomic E-state index is -1.15. The molecule has 0 heterocycles. The molecule has 0 spiro atoms. The topological polar surface area (TPSA) is 52.4 Å². The molecule has 0 amide bonds. The van der Waals surface area contributed by atoms with Crippen LogP contribution in [0, 0.1) is 27.8 Å². The van der Waals surface area contributed by atoms with Crippen molar-refractivity contribution in [1.29, 1.82) is 0 Å². The van der Waals surface area contributed by atoms with E-state index in [-0.39, 0.29) is 17.2 Å². The molecule has 0 atom stereocenters. The van der Waals surface area contributed by atoms with Crippen molar-refractivity contribution in [3.8, 4) is 11.5 Å². The summed E-state index contributed by atoms with van der Waals surface area (Å²) in [5.41, 5.74) is -0.315. The van der Waals surface area contributed by atoms with Crippen molar-refractivity contribution in [2.75, 3.05) is 0 Å². The van der Waals surface area contributed by atoms with Gasteiger partial charge in [-0.05, 0) is 24.3 Å². The van der Waals surface area contributed by atoms with Crippen LogP contribution in [0.4, 0.5) is 14.5 Å². The number of hydrogen-bond acceptors (Lipinski definition) is 3. The maximum Gasteiger partial charge on any atom is 0.281 e. The van der Waals surface area contributed by atoms with Gasteiger partial charge in [-0.3, -0.25) is 10.1 Å². The van der Waals surface area contributed by atoms with E-state index in [0.29, 0.717) is 0 Å². The van der Waals surface area contributed by atoms with Crippen molar-refractivity contribution in [3.63, 3.8) is 0 Å². The molecular weight excluding hydrogens is 244 g/mol. The fourth-order valence-electron chi connectivity index (χ4n) is 1.29. The summed E-state index contributed by atoms with van der Waals surface area (Å²) in [7, 11) is 0. The number of nitro groups is 1. The van der Waals surface area contributed by atoms with Crippen molar-refractivity contribution in [2.45, 2.75) is 0 Å². The van der Waals surface area contributed by atoms with E-state index >= 15 is 0 Å². The molecular formula is C12H6F2NO3. The van der Waals surface area contributed by atoms with Crippen molar-refractivity contribution >= 4 is 5.69 Å². The maximum atomic E-state index is 13.3. The highest BCUT2D eigenvalue weighted by molar-refractivity contribution is 5.40. The average Bonchev–Trinajstić information content (AvgIpc) is 2.35. The molecule has 0 unspecified atom stereocenters. The van der Waals surface area contributed by atoms with Crippen LogP contribution in [-0.4, -0.2) is 4.92 Å². The minimum absolute atomic E-state index is 0.0324. The number of ether oxygens (including phenoxy) is 1. The maximum absolute atomic E-state index is 13.3. The summed E-state index contributed by atoms with van der Waals surface area (Å²) in [6, 6.07) is 9.52. The summed E-state index contributed by atoms with van der Waals surface area (Å²) in [4.78, 5) is 9.85. The molecule has 91 valence electrons. The summed E-state index contributed by atoms with van der Waals surface area (Å²) in [6.07, 6.45) is 0. The molecule has 4 nitrogen and oxygen atoms in total. The Hall–Kier alpha value is -2.50. The Balaban J connectivity index is 2.31. The van der Waals surface area contributed by atoms with Gasteiger partial charge in [0.05, 0.1) is 17.1 Å². The van der Waals surface area contributed by atoms with E-state index in [0.717, 1.165) is 12.1 Å². The van der Waals surface area contributed by atoms with E-state index in [1.165, 1.54) is 24.3 Å². The number of non-ortho nitro benzene ring substituents is 1. The van der Waals surface area contributed by atoms with Crippen LogP contribution < -0.4 is 4.74 Å². The Kier molecular flexibility index (Phi) is 3.18. The number of halogens is 2. The van der Waals surface area contributed by atoms with Crippen LogP contribution in [-0.2, 0) is 0 Å². The largest absolute Gasteiger partial charge is 0.454 e. The van der Waals surface area contributed by atoms with Crippen molar-refractivity contribution in [2.24, 2.45) is 0 Å². The second-order valence-electron chi connectivity index (χ2n) is 3.32. The van der Waals surface area contributed by atoms with Gasteiger partial charge in [0.2, 0.25) is 5.82 Å². The summed E-state index contributed by atoms with van der Waals surface area (Å²) in [5.74, 6) is -2.50. The molecule has 2 aromatic rings. The molecule has 0 aliphatic rings. The lowest BCUT2D eigenvalue weighted by Gasteiger charge is -2.06. The van der Waals surface area contributed by atoms with Gasteiger partial charge in [0.25, 0.3) is 5.69 Å². The summed E-state index contributed by atoms with van der Waals surface area (Å²) < 4.78 is 31.3. The third kappa shape index (κ3) is 2.42. The van der Waals surface area contributed by atoms with Crippen molar-refractivity contribution in [1.82, 2.24) is 0 Å². The fourth-order valence-corrected chi connectivity index (χ4v) is 1.29. The second-order valence-corrected chi connectivity index (χ2v) is 3.32. The number of hydrogen-bond donors (Lipinski definition) is 0. The van der Waals surface area contributed by atoms with Crippen LogP contribution in [0.3, 0.4) is 0 Å². The Morgan fingerprint density at radius 3 is 2.78 bits per heavy atom. The van der Waals surface area contributed by atoms with Gasteiger partial charge in [-0.15, -0.1) is 0 Å². The Morgan fingerprint density at radius 1 is 1.28 bits per heavy atom. The number of rotatable bonds is 3. The lowest BCUT2D eigenvalue weighted by atomic mass is 10.3. The second kappa shape index (κ2) is 4.79. The van der Waals surface area contributed by atoms with Gasteiger partial charge < -0.3 is 4.74 Å². The third-order valence-corrected chi connectivity index (χ3v) is 2.10. The van der Waals surface area contributed by atoms with Gasteiger partial charge >= 0.3 is 0 Å². The van der Waals surface area contributed by atoms with Crippen LogP contribution in [0.2, 0.25) is 0 Å². The third-order valence-electron chi connectivity index (χ3n) is 2.10. The van der Waals surface area contributed by atoms with Gasteiger partial charge in [-0.25, -0.2) is 4.39 Å². The van der Waals surface area contributed by atoms with E-state index < -0.39 is 16.6 Å². The molecule has 0 N–H and O–H groups in total. The molecule has 0 aromatic heterocycles.